The molecule has 1 aliphatic rings. The highest BCUT2D eigenvalue weighted by molar-refractivity contribution is 9.10. The Hall–Kier alpha value is -0.580. The predicted molar refractivity (Wildman–Crippen MR) is 60.3 cm³/mol. The van der Waals surface area contributed by atoms with Gasteiger partial charge in [-0.1, -0.05) is 15.9 Å². The molecule has 2 N–H and O–H groups in total. The van der Waals surface area contributed by atoms with Crippen LogP contribution >= 0.6 is 15.9 Å². The monoisotopic (exact) mass is 256 g/mol. The van der Waals surface area contributed by atoms with Gasteiger partial charge in [0.2, 0.25) is 0 Å². The lowest BCUT2D eigenvalue weighted by atomic mass is 10.2. The minimum absolute atomic E-state index is 0.160. The van der Waals surface area contributed by atoms with Gasteiger partial charge in [-0.3, -0.25) is 0 Å². The van der Waals surface area contributed by atoms with Crippen molar-refractivity contribution in [2.75, 3.05) is 24.6 Å². The topological polar surface area (TPSA) is 38.5 Å². The second-order valence-electron chi connectivity index (χ2n) is 3.33. The number of nitrogens with zero attached hydrogens (tertiary/aromatic N) is 1. The summed E-state index contributed by atoms with van der Waals surface area (Å²) in [6.45, 7) is 2.38. The molecule has 1 atom stereocenters. The van der Waals surface area contributed by atoms with E-state index in [9.17, 15) is 0 Å². The van der Waals surface area contributed by atoms with E-state index in [-0.39, 0.29) is 6.23 Å². The van der Waals surface area contributed by atoms with Crippen LogP contribution < -0.4 is 10.6 Å². The minimum atomic E-state index is -0.160. The molecule has 0 unspecified atom stereocenters. The van der Waals surface area contributed by atoms with Crippen LogP contribution in [0.15, 0.2) is 28.7 Å². The molecular formula is C10H13BrN2O. The van der Waals surface area contributed by atoms with E-state index in [0.717, 1.165) is 17.6 Å². The number of nitrogens with two attached hydrogens (primary N) is 1. The van der Waals surface area contributed by atoms with Crippen molar-refractivity contribution in [2.24, 2.45) is 5.73 Å². The molecule has 1 heterocycles. The van der Waals surface area contributed by atoms with Crippen LogP contribution in [0.3, 0.4) is 0 Å². The highest BCUT2D eigenvalue weighted by Crippen LogP contribution is 2.19. The van der Waals surface area contributed by atoms with Crippen LogP contribution in [-0.4, -0.2) is 25.9 Å². The van der Waals surface area contributed by atoms with Crippen LogP contribution in [0.4, 0.5) is 5.69 Å². The largest absolute Gasteiger partial charge is 0.365 e. The third kappa shape index (κ3) is 2.26. The normalized spacial score (nSPS) is 22.4. The van der Waals surface area contributed by atoms with Gasteiger partial charge in [-0.25, -0.2) is 0 Å². The highest BCUT2D eigenvalue weighted by Gasteiger charge is 2.16. The molecule has 0 aromatic heterocycles. The van der Waals surface area contributed by atoms with Crippen molar-refractivity contribution in [2.45, 2.75) is 6.23 Å². The molecule has 0 spiro atoms. The molecule has 0 aliphatic carbocycles. The van der Waals surface area contributed by atoms with E-state index in [4.69, 9.17) is 10.5 Å². The van der Waals surface area contributed by atoms with E-state index in [2.05, 4.69) is 33.0 Å². The summed E-state index contributed by atoms with van der Waals surface area (Å²) < 4.78 is 6.38. The highest BCUT2D eigenvalue weighted by atomic mass is 79.9. The van der Waals surface area contributed by atoms with E-state index in [1.54, 1.807) is 0 Å². The fraction of sp³-hybridized carbons (Fsp3) is 0.400. The SMILES string of the molecule is N[C@H]1CN(c2ccc(Br)cc2)CCO1. The second kappa shape index (κ2) is 4.29. The first-order chi connectivity index (χ1) is 6.75. The van der Waals surface area contributed by atoms with Gasteiger partial charge in [0.15, 0.2) is 0 Å². The zero-order chi connectivity index (χ0) is 9.97. The summed E-state index contributed by atoms with van der Waals surface area (Å²) in [6, 6.07) is 8.25. The Balaban J connectivity index is 2.10. The van der Waals surface area contributed by atoms with Crippen LogP contribution in [0.1, 0.15) is 0 Å². The number of hydrogen-bond acceptors (Lipinski definition) is 3. The van der Waals surface area contributed by atoms with E-state index in [1.165, 1.54) is 5.69 Å². The number of ether oxygens (including phenoxy) is 1. The lowest BCUT2D eigenvalue weighted by Crippen LogP contribution is -2.46. The lowest BCUT2D eigenvalue weighted by molar-refractivity contribution is 0.0451. The summed E-state index contributed by atoms with van der Waals surface area (Å²) in [7, 11) is 0. The first-order valence-corrected chi connectivity index (χ1v) is 5.43. The fourth-order valence-electron chi connectivity index (χ4n) is 1.56. The van der Waals surface area contributed by atoms with Crippen LogP contribution in [0.25, 0.3) is 0 Å². The second-order valence-corrected chi connectivity index (χ2v) is 4.25. The first-order valence-electron chi connectivity index (χ1n) is 4.63. The smallest absolute Gasteiger partial charge is 0.123 e. The maximum atomic E-state index is 5.72. The average molecular weight is 257 g/mol. The van der Waals surface area contributed by atoms with Crippen molar-refractivity contribution in [1.29, 1.82) is 0 Å². The Labute approximate surface area is 92.0 Å². The first kappa shape index (κ1) is 9.96. The molecule has 14 heavy (non-hydrogen) atoms. The van der Waals surface area contributed by atoms with Gasteiger partial charge in [0.1, 0.15) is 6.23 Å². The molecule has 0 radical (unpaired) electrons. The summed E-state index contributed by atoms with van der Waals surface area (Å²) in [5, 5.41) is 0. The fourth-order valence-corrected chi connectivity index (χ4v) is 1.83. The van der Waals surface area contributed by atoms with Crippen molar-refractivity contribution >= 4 is 21.6 Å². The molecule has 1 aromatic carbocycles. The van der Waals surface area contributed by atoms with Crippen molar-refractivity contribution in [3.8, 4) is 0 Å². The van der Waals surface area contributed by atoms with Gasteiger partial charge in [-0.2, -0.15) is 0 Å². The van der Waals surface area contributed by atoms with Crippen molar-refractivity contribution < 1.29 is 4.74 Å². The molecule has 1 aromatic rings. The Kier molecular flexibility index (Phi) is 3.05. The number of rotatable bonds is 1. The number of hydrogen-bond donors (Lipinski definition) is 1. The molecule has 0 saturated carbocycles. The Morgan fingerprint density at radius 2 is 2.07 bits per heavy atom. The van der Waals surface area contributed by atoms with E-state index < -0.39 is 0 Å². The van der Waals surface area contributed by atoms with Crippen molar-refractivity contribution in [3.05, 3.63) is 28.7 Å². The maximum absolute atomic E-state index is 5.72. The quantitative estimate of drug-likeness (QED) is 0.829. The van der Waals surface area contributed by atoms with Gasteiger partial charge < -0.3 is 15.4 Å². The number of benzene rings is 1. The van der Waals surface area contributed by atoms with Gasteiger partial charge in [0.05, 0.1) is 13.2 Å². The minimum Gasteiger partial charge on any atom is -0.365 e. The van der Waals surface area contributed by atoms with Gasteiger partial charge >= 0.3 is 0 Å². The van der Waals surface area contributed by atoms with Crippen LogP contribution in [0.5, 0.6) is 0 Å². The number of morpholine rings is 1. The van der Waals surface area contributed by atoms with Crippen LogP contribution in [-0.2, 0) is 4.74 Å². The number of anilines is 1. The molecule has 0 bridgehead atoms. The summed E-state index contributed by atoms with van der Waals surface area (Å²) in [6.07, 6.45) is -0.160. The van der Waals surface area contributed by atoms with Gasteiger partial charge in [0.25, 0.3) is 0 Å². The molecule has 1 saturated heterocycles. The maximum Gasteiger partial charge on any atom is 0.123 e. The van der Waals surface area contributed by atoms with Gasteiger partial charge in [0, 0.05) is 16.7 Å². The molecule has 1 aliphatic heterocycles. The zero-order valence-corrected chi connectivity index (χ0v) is 9.40. The molecule has 4 heteroatoms. The number of halogens is 1. The van der Waals surface area contributed by atoms with Crippen molar-refractivity contribution in [1.82, 2.24) is 0 Å². The molecular weight excluding hydrogens is 244 g/mol. The summed E-state index contributed by atoms with van der Waals surface area (Å²) in [4.78, 5) is 2.24. The van der Waals surface area contributed by atoms with Crippen LogP contribution in [0.2, 0.25) is 0 Å². The van der Waals surface area contributed by atoms with Gasteiger partial charge in [-0.15, -0.1) is 0 Å². The van der Waals surface area contributed by atoms with Crippen LogP contribution in [0, 0.1) is 0 Å². The molecule has 3 nitrogen and oxygen atoms in total. The predicted octanol–water partition coefficient (Wildman–Crippen LogP) is 1.57. The third-order valence-corrected chi connectivity index (χ3v) is 2.81. The molecule has 0 amide bonds. The van der Waals surface area contributed by atoms with Crippen molar-refractivity contribution in [3.63, 3.8) is 0 Å². The molecule has 2 rings (SSSR count). The van der Waals surface area contributed by atoms with E-state index in [1.807, 2.05) is 12.1 Å². The summed E-state index contributed by atoms with van der Waals surface area (Å²) in [5.74, 6) is 0. The summed E-state index contributed by atoms with van der Waals surface area (Å²) >= 11 is 3.41. The summed E-state index contributed by atoms with van der Waals surface area (Å²) in [5.41, 5.74) is 6.92. The van der Waals surface area contributed by atoms with E-state index >= 15 is 0 Å². The Morgan fingerprint density at radius 1 is 1.36 bits per heavy atom. The third-order valence-electron chi connectivity index (χ3n) is 2.29. The Morgan fingerprint density at radius 3 is 2.71 bits per heavy atom. The zero-order valence-electron chi connectivity index (χ0n) is 7.82. The van der Waals surface area contributed by atoms with Gasteiger partial charge in [-0.05, 0) is 24.3 Å². The lowest BCUT2D eigenvalue weighted by Gasteiger charge is -2.32. The molecule has 1 fully saturated rings. The average Bonchev–Trinajstić information content (AvgIpc) is 2.19. The van der Waals surface area contributed by atoms with E-state index in [0.29, 0.717) is 6.61 Å². The molecule has 76 valence electrons. The standard InChI is InChI=1S/C10H13BrN2O/c11-8-1-3-9(4-2-8)13-5-6-14-10(12)7-13/h1-4,10H,5-7,12H2/t10-/m1/s1. The Bertz CT molecular complexity index is 301.